The molecule has 0 aliphatic heterocycles. The summed E-state index contributed by atoms with van der Waals surface area (Å²) in [5.41, 5.74) is 1.99. The van der Waals surface area contributed by atoms with Gasteiger partial charge in [0.05, 0.1) is 6.61 Å². The smallest absolute Gasteiger partial charge is 0.278 e. The molecule has 1 heterocycles. The van der Waals surface area contributed by atoms with Gasteiger partial charge >= 0.3 is 0 Å². The number of aliphatic hydroxyl groups excluding tert-OH is 1. The zero-order valence-electron chi connectivity index (χ0n) is 16.8. The number of carbonyl (C=O) groups is 1. The van der Waals surface area contributed by atoms with Crippen LogP contribution < -0.4 is 5.48 Å². The van der Waals surface area contributed by atoms with E-state index in [0.29, 0.717) is 5.56 Å². The Balaban J connectivity index is 1.79. The normalized spacial score (nSPS) is 14.6. The van der Waals surface area contributed by atoms with Gasteiger partial charge in [-0.15, -0.1) is 0 Å². The van der Waals surface area contributed by atoms with Crippen molar-refractivity contribution in [2.24, 2.45) is 0 Å². The van der Waals surface area contributed by atoms with Crippen LogP contribution in [-0.2, 0) is 26.0 Å². The molecule has 0 aliphatic carbocycles. The van der Waals surface area contributed by atoms with Crippen molar-refractivity contribution in [1.29, 1.82) is 0 Å². The van der Waals surface area contributed by atoms with Gasteiger partial charge in [-0.3, -0.25) is 10.0 Å². The molecule has 3 aromatic rings. The van der Waals surface area contributed by atoms with Crippen LogP contribution in [0, 0.1) is 0 Å². The minimum Gasteiger partial charge on any atom is -0.383 e. The summed E-state index contributed by atoms with van der Waals surface area (Å²) < 4.78 is 33.6. The quantitative estimate of drug-likeness (QED) is 0.354. The molecule has 3 rings (SSSR count). The highest BCUT2D eigenvalue weighted by Gasteiger charge is 2.44. The lowest BCUT2D eigenvalue weighted by Gasteiger charge is -2.31. The van der Waals surface area contributed by atoms with Crippen LogP contribution in [0.1, 0.15) is 24.3 Å². The van der Waals surface area contributed by atoms with Crippen molar-refractivity contribution in [3.05, 3.63) is 71.9 Å². The first-order chi connectivity index (χ1) is 14.6. The van der Waals surface area contributed by atoms with Crippen LogP contribution in [0.5, 0.6) is 0 Å². The molecule has 2 aromatic carbocycles. The van der Waals surface area contributed by atoms with E-state index in [1.165, 1.54) is 12.4 Å². The molecule has 31 heavy (non-hydrogen) atoms. The van der Waals surface area contributed by atoms with Gasteiger partial charge in [0.2, 0.25) is 9.84 Å². The standard InChI is InChI=1S/C21H22N2O7S/c1-21(20(25)22-26,19(24)17-12-18(30-23-17)31(2,27)28)29-13-14-8-10-16(11-9-14)15-6-4-3-5-7-15/h3-12,19,24,26H,13H2,1-2H3,(H,22,25)/t19-,21+/m1/s1. The number of nitrogens with zero attached hydrogens (tertiary/aromatic N) is 1. The van der Waals surface area contributed by atoms with E-state index < -0.39 is 32.5 Å². The summed E-state index contributed by atoms with van der Waals surface area (Å²) in [6, 6.07) is 18.2. The van der Waals surface area contributed by atoms with Crippen LogP contribution >= 0.6 is 0 Å². The number of hydrogen-bond donors (Lipinski definition) is 3. The number of aliphatic hydroxyl groups is 1. The summed E-state index contributed by atoms with van der Waals surface area (Å²) >= 11 is 0. The van der Waals surface area contributed by atoms with Crippen molar-refractivity contribution < 1.29 is 32.8 Å². The molecular weight excluding hydrogens is 424 g/mol. The fourth-order valence-electron chi connectivity index (χ4n) is 2.89. The van der Waals surface area contributed by atoms with E-state index in [4.69, 9.17) is 14.5 Å². The molecule has 10 heteroatoms. The van der Waals surface area contributed by atoms with Gasteiger partial charge in [0.25, 0.3) is 11.0 Å². The molecule has 0 fully saturated rings. The van der Waals surface area contributed by atoms with Crippen molar-refractivity contribution in [2.75, 3.05) is 6.26 Å². The molecule has 2 atom stereocenters. The summed E-state index contributed by atoms with van der Waals surface area (Å²) in [7, 11) is -3.70. The zero-order chi connectivity index (χ0) is 22.6. The molecule has 164 valence electrons. The first kappa shape index (κ1) is 22.6. The molecule has 9 nitrogen and oxygen atoms in total. The number of sulfone groups is 1. The van der Waals surface area contributed by atoms with Crippen LogP contribution in [0.4, 0.5) is 0 Å². The van der Waals surface area contributed by atoms with E-state index >= 15 is 0 Å². The Labute approximate surface area is 179 Å². The second-order valence-corrected chi connectivity index (χ2v) is 9.09. The van der Waals surface area contributed by atoms with Crippen LogP contribution in [0.2, 0.25) is 0 Å². The highest BCUT2D eigenvalue weighted by atomic mass is 32.2. The summed E-state index contributed by atoms with van der Waals surface area (Å²) in [4.78, 5) is 12.3. The largest absolute Gasteiger partial charge is 0.383 e. The fourth-order valence-corrected chi connectivity index (χ4v) is 3.40. The van der Waals surface area contributed by atoms with Crippen LogP contribution in [0.15, 0.2) is 70.3 Å². The molecule has 0 radical (unpaired) electrons. The Kier molecular flexibility index (Phi) is 6.56. The maximum absolute atomic E-state index is 12.3. The number of benzene rings is 2. The topological polar surface area (TPSA) is 139 Å². The van der Waals surface area contributed by atoms with E-state index in [1.54, 1.807) is 0 Å². The zero-order valence-corrected chi connectivity index (χ0v) is 17.7. The maximum atomic E-state index is 12.3. The number of aromatic nitrogens is 1. The molecule has 0 saturated carbocycles. The Morgan fingerprint density at radius 3 is 2.32 bits per heavy atom. The third-order valence-corrected chi connectivity index (χ3v) is 5.75. The minimum atomic E-state index is -3.70. The number of amides is 1. The lowest BCUT2D eigenvalue weighted by molar-refractivity contribution is -0.174. The SMILES string of the molecule is C[C@@](OCc1ccc(-c2ccccc2)cc1)(C(=O)NO)[C@H](O)c1cc(S(C)(=O)=O)on1. The monoisotopic (exact) mass is 446 g/mol. The first-order valence-corrected chi connectivity index (χ1v) is 11.1. The van der Waals surface area contributed by atoms with Gasteiger partial charge in [0.1, 0.15) is 11.8 Å². The molecule has 3 N–H and O–H groups in total. The molecular formula is C21H22N2O7S. The van der Waals surface area contributed by atoms with Crippen molar-refractivity contribution in [1.82, 2.24) is 10.6 Å². The Morgan fingerprint density at radius 1 is 1.16 bits per heavy atom. The average molecular weight is 446 g/mol. The van der Waals surface area contributed by atoms with E-state index in [1.807, 2.05) is 54.6 Å². The van der Waals surface area contributed by atoms with E-state index in [-0.39, 0.29) is 12.3 Å². The number of hydroxylamine groups is 1. The second-order valence-electron chi connectivity index (χ2n) is 7.15. The van der Waals surface area contributed by atoms with E-state index in [0.717, 1.165) is 23.4 Å². The van der Waals surface area contributed by atoms with Gasteiger partial charge in [-0.1, -0.05) is 59.8 Å². The van der Waals surface area contributed by atoms with E-state index in [2.05, 4.69) is 5.16 Å². The summed E-state index contributed by atoms with van der Waals surface area (Å²) in [6.07, 6.45) is -0.804. The van der Waals surface area contributed by atoms with Crippen molar-refractivity contribution in [2.45, 2.75) is 30.3 Å². The summed E-state index contributed by atoms with van der Waals surface area (Å²) in [6.45, 7) is 1.17. The van der Waals surface area contributed by atoms with Gasteiger partial charge in [-0.05, 0) is 23.6 Å². The van der Waals surface area contributed by atoms with Gasteiger partial charge in [0, 0.05) is 12.3 Å². The molecule has 0 bridgehead atoms. The predicted octanol–water partition coefficient (Wildman–Crippen LogP) is 2.26. The second kappa shape index (κ2) is 8.98. The van der Waals surface area contributed by atoms with Crippen molar-refractivity contribution in [3.8, 4) is 11.1 Å². The predicted molar refractivity (Wildman–Crippen MR) is 110 cm³/mol. The maximum Gasteiger partial charge on any atom is 0.278 e. The van der Waals surface area contributed by atoms with Crippen LogP contribution in [0.25, 0.3) is 11.1 Å². The third-order valence-electron chi connectivity index (χ3n) is 4.83. The summed E-state index contributed by atoms with van der Waals surface area (Å²) in [5, 5.41) is 22.9. The Morgan fingerprint density at radius 2 is 1.77 bits per heavy atom. The molecule has 0 unspecified atom stereocenters. The van der Waals surface area contributed by atoms with Gasteiger partial charge < -0.3 is 14.4 Å². The van der Waals surface area contributed by atoms with Crippen molar-refractivity contribution in [3.63, 3.8) is 0 Å². The fraction of sp³-hybridized carbons (Fsp3) is 0.238. The van der Waals surface area contributed by atoms with E-state index in [9.17, 15) is 18.3 Å². The van der Waals surface area contributed by atoms with Gasteiger partial charge in [-0.25, -0.2) is 13.9 Å². The molecule has 0 spiro atoms. The average Bonchev–Trinajstić information content (AvgIpc) is 3.28. The van der Waals surface area contributed by atoms with Crippen LogP contribution in [0.3, 0.4) is 0 Å². The molecule has 0 aliphatic rings. The number of ether oxygens (including phenoxy) is 1. The summed E-state index contributed by atoms with van der Waals surface area (Å²) in [5.74, 6) is -1.04. The Bertz CT molecular complexity index is 1140. The number of hydrogen-bond acceptors (Lipinski definition) is 8. The van der Waals surface area contributed by atoms with Gasteiger partial charge in [-0.2, -0.15) is 0 Å². The molecule has 1 amide bonds. The Hall–Kier alpha value is -3.05. The van der Waals surface area contributed by atoms with Crippen LogP contribution in [-0.4, -0.2) is 41.7 Å². The minimum absolute atomic E-state index is 0.0766. The van der Waals surface area contributed by atoms with Gasteiger partial charge in [0.15, 0.2) is 5.60 Å². The first-order valence-electron chi connectivity index (χ1n) is 9.23. The highest BCUT2D eigenvalue weighted by Crippen LogP contribution is 2.31. The lowest BCUT2D eigenvalue weighted by Crippen LogP contribution is -2.50. The number of nitrogens with one attached hydrogen (secondary N) is 1. The molecule has 1 aromatic heterocycles. The lowest BCUT2D eigenvalue weighted by atomic mass is 9.95. The molecule has 0 saturated heterocycles. The number of rotatable bonds is 8. The highest BCUT2D eigenvalue weighted by molar-refractivity contribution is 7.90. The van der Waals surface area contributed by atoms with Crippen molar-refractivity contribution >= 4 is 15.7 Å². The number of carbonyl (C=O) groups excluding carboxylic acids is 1. The third kappa shape index (κ3) is 5.00.